The van der Waals surface area contributed by atoms with Gasteiger partial charge in [-0.3, -0.25) is 4.79 Å². The molecule has 1 aliphatic heterocycles. The molecule has 0 saturated heterocycles. The van der Waals surface area contributed by atoms with Gasteiger partial charge in [0.1, 0.15) is 5.75 Å². The van der Waals surface area contributed by atoms with Crippen LogP contribution in [0.15, 0.2) is 53.6 Å². The molecule has 3 rings (SSSR count). The fourth-order valence-electron chi connectivity index (χ4n) is 2.22. The van der Waals surface area contributed by atoms with Crippen molar-refractivity contribution >= 4 is 23.6 Å². The van der Waals surface area contributed by atoms with Crippen LogP contribution < -0.4 is 15.1 Å². The first-order chi connectivity index (χ1) is 12.1. The predicted molar refractivity (Wildman–Crippen MR) is 92.7 cm³/mol. The first-order valence-electron chi connectivity index (χ1n) is 7.68. The monoisotopic (exact) mass is 339 g/mol. The Kier molecular flexibility index (Phi) is 4.65. The van der Waals surface area contributed by atoms with Crippen molar-refractivity contribution in [3.05, 3.63) is 59.7 Å². The van der Waals surface area contributed by atoms with E-state index in [0.29, 0.717) is 17.3 Å². The molecule has 0 aliphatic carbocycles. The van der Waals surface area contributed by atoms with Gasteiger partial charge in [-0.05, 0) is 43.3 Å². The number of aryl methyl sites for hydroxylation is 1. The fraction of sp³-hybridized carbons (Fsp3) is 0.167. The quantitative estimate of drug-likeness (QED) is 0.931. The molecule has 0 aromatic heterocycles. The number of nitrogens with one attached hydrogen (secondary N) is 1. The van der Waals surface area contributed by atoms with Crippen molar-refractivity contribution in [2.45, 2.75) is 6.92 Å². The minimum atomic E-state index is -0.560. The fourth-order valence-corrected chi connectivity index (χ4v) is 2.22. The minimum Gasteiger partial charge on any atom is -0.466 e. The van der Waals surface area contributed by atoms with E-state index in [0.717, 1.165) is 11.1 Å². The molecule has 0 spiro atoms. The van der Waals surface area contributed by atoms with Gasteiger partial charge in [-0.1, -0.05) is 17.7 Å². The molecular weight excluding hydrogens is 322 g/mol. The Labute approximate surface area is 144 Å². The molecule has 0 saturated carbocycles. The van der Waals surface area contributed by atoms with Crippen molar-refractivity contribution in [1.29, 1.82) is 0 Å². The van der Waals surface area contributed by atoms with Gasteiger partial charge in [0.05, 0.1) is 5.69 Å². The maximum absolute atomic E-state index is 12.1. The van der Waals surface area contributed by atoms with Gasteiger partial charge >= 0.3 is 6.09 Å². The van der Waals surface area contributed by atoms with Gasteiger partial charge in [0.25, 0.3) is 5.91 Å². The molecule has 128 valence electrons. The Morgan fingerprint density at radius 1 is 1.16 bits per heavy atom. The lowest BCUT2D eigenvalue weighted by Gasteiger charge is -2.24. The number of benzene rings is 2. The summed E-state index contributed by atoms with van der Waals surface area (Å²) in [5, 5.41) is 7.94. The molecule has 0 bridgehead atoms. The lowest BCUT2D eigenvalue weighted by Crippen LogP contribution is -2.36. The van der Waals surface area contributed by atoms with E-state index in [-0.39, 0.29) is 12.5 Å². The second-order valence-electron chi connectivity index (χ2n) is 5.40. The van der Waals surface area contributed by atoms with Crippen LogP contribution in [0.5, 0.6) is 5.75 Å². The van der Waals surface area contributed by atoms with Crippen molar-refractivity contribution in [1.82, 2.24) is 5.32 Å². The van der Waals surface area contributed by atoms with E-state index in [2.05, 4.69) is 10.4 Å². The number of anilines is 1. The molecule has 7 heteroatoms. The van der Waals surface area contributed by atoms with Crippen molar-refractivity contribution < 1.29 is 19.1 Å². The highest BCUT2D eigenvalue weighted by atomic mass is 16.6. The van der Waals surface area contributed by atoms with Crippen LogP contribution >= 0.6 is 0 Å². The number of carbonyl (C=O) groups excluding carboxylic acids is 2. The van der Waals surface area contributed by atoms with E-state index < -0.39 is 6.09 Å². The third-order valence-electron chi connectivity index (χ3n) is 3.55. The molecule has 2 aromatic carbocycles. The number of carbonyl (C=O) groups is 2. The second kappa shape index (κ2) is 7.04. The van der Waals surface area contributed by atoms with Crippen LogP contribution in [0.25, 0.3) is 0 Å². The number of amides is 2. The molecule has 25 heavy (non-hydrogen) atoms. The van der Waals surface area contributed by atoms with Crippen LogP contribution in [0.3, 0.4) is 0 Å². The summed E-state index contributed by atoms with van der Waals surface area (Å²) in [5.41, 5.74) is 2.48. The van der Waals surface area contributed by atoms with Gasteiger partial charge in [0.15, 0.2) is 6.61 Å². The zero-order valence-electron chi connectivity index (χ0n) is 13.9. The highest BCUT2D eigenvalue weighted by Gasteiger charge is 2.24. The lowest BCUT2D eigenvalue weighted by molar-refractivity contribution is -0.121. The third kappa shape index (κ3) is 3.77. The zero-order chi connectivity index (χ0) is 17.8. The Morgan fingerprint density at radius 2 is 1.84 bits per heavy atom. The average molecular weight is 339 g/mol. The molecule has 1 N–H and O–H groups in total. The summed E-state index contributed by atoms with van der Waals surface area (Å²) < 4.78 is 10.5. The van der Waals surface area contributed by atoms with Crippen LogP contribution in [0.1, 0.15) is 11.1 Å². The average Bonchev–Trinajstić information content (AvgIpc) is 2.63. The van der Waals surface area contributed by atoms with Crippen LogP contribution in [0.4, 0.5) is 10.5 Å². The third-order valence-corrected chi connectivity index (χ3v) is 3.55. The predicted octanol–water partition coefficient (Wildman–Crippen LogP) is 2.44. The molecule has 2 amide bonds. The number of ether oxygens (including phenoxy) is 2. The lowest BCUT2D eigenvalue weighted by atomic mass is 10.1. The van der Waals surface area contributed by atoms with E-state index >= 15 is 0 Å². The van der Waals surface area contributed by atoms with Gasteiger partial charge in [-0.25, -0.2) is 4.79 Å². The van der Waals surface area contributed by atoms with Gasteiger partial charge < -0.3 is 14.8 Å². The Hall–Kier alpha value is -3.35. The highest BCUT2D eigenvalue weighted by molar-refractivity contribution is 6.04. The van der Waals surface area contributed by atoms with Crippen LogP contribution in [-0.4, -0.2) is 31.6 Å². The smallest absolute Gasteiger partial charge is 0.412 e. The van der Waals surface area contributed by atoms with E-state index in [9.17, 15) is 9.59 Å². The normalized spacial score (nSPS) is 13.8. The number of hydrogen-bond acceptors (Lipinski definition) is 5. The summed E-state index contributed by atoms with van der Waals surface area (Å²) in [6.45, 7) is 1.90. The molecule has 0 fully saturated rings. The van der Waals surface area contributed by atoms with Gasteiger partial charge in [0, 0.05) is 12.6 Å². The first kappa shape index (κ1) is 16.5. The van der Waals surface area contributed by atoms with Crippen LogP contribution in [0, 0.1) is 6.92 Å². The van der Waals surface area contributed by atoms with E-state index in [1.54, 1.807) is 24.3 Å². The molecule has 1 aliphatic rings. The van der Waals surface area contributed by atoms with Crippen molar-refractivity contribution in [3.8, 4) is 5.75 Å². The van der Waals surface area contributed by atoms with E-state index in [1.165, 1.54) is 12.1 Å². The molecule has 2 aromatic rings. The number of hydrazone groups is 1. The Bertz CT molecular complexity index is 813. The van der Waals surface area contributed by atoms with Gasteiger partial charge in [-0.15, -0.1) is 5.10 Å². The molecule has 0 unspecified atom stereocenters. The SMILES string of the molecule is CNC(=O)Oc1ccc(N2N=C(c3ccc(C)cc3)OCC2=O)cc1. The summed E-state index contributed by atoms with van der Waals surface area (Å²) in [6, 6.07) is 14.2. The Morgan fingerprint density at radius 3 is 2.48 bits per heavy atom. The molecular formula is C18H17N3O4. The van der Waals surface area contributed by atoms with Crippen LogP contribution in [-0.2, 0) is 9.53 Å². The van der Waals surface area contributed by atoms with E-state index in [1.807, 2.05) is 31.2 Å². The van der Waals surface area contributed by atoms with Gasteiger partial charge in [-0.2, -0.15) is 5.01 Å². The summed E-state index contributed by atoms with van der Waals surface area (Å²) in [6.07, 6.45) is -0.560. The second-order valence-corrected chi connectivity index (χ2v) is 5.40. The maximum atomic E-state index is 12.1. The number of rotatable bonds is 3. The van der Waals surface area contributed by atoms with E-state index in [4.69, 9.17) is 9.47 Å². The summed E-state index contributed by atoms with van der Waals surface area (Å²) in [4.78, 5) is 23.3. The number of hydrogen-bond donors (Lipinski definition) is 1. The molecule has 7 nitrogen and oxygen atoms in total. The summed E-state index contributed by atoms with van der Waals surface area (Å²) in [7, 11) is 1.48. The standard InChI is InChI=1S/C18H17N3O4/c1-12-3-5-13(6-4-12)17-20-21(16(22)11-24-17)14-7-9-15(10-8-14)25-18(23)19-2/h3-10H,11H2,1-2H3,(H,19,23). The summed E-state index contributed by atoms with van der Waals surface area (Å²) >= 11 is 0. The molecule has 1 heterocycles. The molecule has 0 radical (unpaired) electrons. The van der Waals surface area contributed by atoms with Crippen LogP contribution in [0.2, 0.25) is 0 Å². The van der Waals surface area contributed by atoms with Crippen molar-refractivity contribution in [2.24, 2.45) is 5.10 Å². The zero-order valence-corrected chi connectivity index (χ0v) is 13.9. The molecule has 0 atom stereocenters. The topological polar surface area (TPSA) is 80.2 Å². The number of nitrogens with zero attached hydrogens (tertiary/aromatic N) is 2. The van der Waals surface area contributed by atoms with Crippen molar-refractivity contribution in [3.63, 3.8) is 0 Å². The summed E-state index contributed by atoms with van der Waals surface area (Å²) in [5.74, 6) is 0.465. The maximum Gasteiger partial charge on any atom is 0.412 e. The minimum absolute atomic E-state index is 0.0940. The largest absolute Gasteiger partial charge is 0.466 e. The van der Waals surface area contributed by atoms with Gasteiger partial charge in [0.2, 0.25) is 5.90 Å². The van der Waals surface area contributed by atoms with Crippen molar-refractivity contribution in [2.75, 3.05) is 18.7 Å². The first-order valence-corrected chi connectivity index (χ1v) is 7.68. The Balaban J connectivity index is 1.84. The highest BCUT2D eigenvalue weighted by Crippen LogP contribution is 2.22.